The summed E-state index contributed by atoms with van der Waals surface area (Å²) >= 11 is 7.44. The minimum absolute atomic E-state index is 0.353. The van der Waals surface area contributed by atoms with Crippen LogP contribution in [0, 0.1) is 0 Å². The van der Waals surface area contributed by atoms with Gasteiger partial charge < -0.3 is 0 Å². The van der Waals surface area contributed by atoms with Crippen LogP contribution in [0.3, 0.4) is 0 Å². The van der Waals surface area contributed by atoms with Crippen molar-refractivity contribution in [2.45, 2.75) is 66.2 Å². The normalized spacial score (nSPS) is 16.6. The van der Waals surface area contributed by atoms with Crippen LogP contribution in [0.2, 0.25) is 0 Å². The highest BCUT2D eigenvalue weighted by Crippen LogP contribution is 2.40. The average Bonchev–Trinajstić information content (AvgIpc) is 2.65. The van der Waals surface area contributed by atoms with Crippen LogP contribution in [0.5, 0.6) is 0 Å². The molecule has 0 spiro atoms. The van der Waals surface area contributed by atoms with Gasteiger partial charge in [-0.2, -0.15) is 0 Å². The van der Waals surface area contributed by atoms with Gasteiger partial charge in [-0.05, 0) is 48.7 Å². The van der Waals surface area contributed by atoms with E-state index in [1.165, 1.54) is 21.3 Å². The molecule has 0 N–H and O–H groups in total. The number of ketones is 1. The summed E-state index contributed by atoms with van der Waals surface area (Å²) < 4.78 is 2.57. The predicted molar refractivity (Wildman–Crippen MR) is 119 cm³/mol. The van der Waals surface area contributed by atoms with E-state index < -0.39 is 0 Å². The number of allylic oxidation sites excluding steroid dienone is 2. The number of hydrogen-bond acceptors (Lipinski definition) is 5. The molecule has 1 saturated carbocycles. The molecule has 1 aliphatic carbocycles. The second-order valence-corrected chi connectivity index (χ2v) is 11.1. The largest absolute Gasteiger partial charge is 0.289 e. The van der Waals surface area contributed by atoms with Crippen molar-refractivity contribution in [1.29, 1.82) is 0 Å². The number of carbonyl (C=O) groups is 1. The molecule has 0 aromatic heterocycles. The van der Waals surface area contributed by atoms with Crippen LogP contribution in [-0.2, 0) is 4.79 Å². The second kappa shape index (κ2) is 13.7. The van der Waals surface area contributed by atoms with Gasteiger partial charge in [0.15, 0.2) is 5.78 Å². The molecule has 5 heteroatoms. The molecule has 24 heavy (non-hydrogen) atoms. The smallest absolute Gasteiger partial charge is 0.188 e. The van der Waals surface area contributed by atoms with Crippen molar-refractivity contribution in [3.05, 3.63) is 19.6 Å². The number of thioether (sulfide) groups is 4. The molecule has 0 aliphatic heterocycles. The van der Waals surface area contributed by atoms with Gasteiger partial charge in [-0.1, -0.05) is 40.5 Å². The second-order valence-electron chi connectivity index (χ2n) is 5.51. The fraction of sp³-hybridized carbons (Fsp3) is 0.737. The fourth-order valence-electron chi connectivity index (χ4n) is 2.71. The Bertz CT molecular complexity index is 398. The first kappa shape index (κ1) is 22.6. The average molecular weight is 405 g/mol. The quantitative estimate of drug-likeness (QED) is 0.392. The maximum Gasteiger partial charge on any atom is 0.188 e. The van der Waals surface area contributed by atoms with Crippen molar-refractivity contribution in [2.24, 2.45) is 0 Å². The number of rotatable bonds is 8. The molecule has 0 heterocycles. The summed E-state index contributed by atoms with van der Waals surface area (Å²) in [6.45, 7) is 8.73. The minimum Gasteiger partial charge on any atom is -0.289 e. The molecule has 0 unspecified atom stereocenters. The van der Waals surface area contributed by atoms with Crippen LogP contribution in [0.4, 0.5) is 0 Å². The summed E-state index contributed by atoms with van der Waals surface area (Å²) in [5, 5.41) is 0. The Labute approximate surface area is 166 Å². The zero-order chi connectivity index (χ0) is 17.8. The Hall–Kier alpha value is 0.550. The Morgan fingerprint density at radius 2 is 1.00 bits per heavy atom. The van der Waals surface area contributed by atoms with E-state index in [9.17, 15) is 4.79 Å². The Kier molecular flexibility index (Phi) is 12.9. The van der Waals surface area contributed by atoms with Gasteiger partial charge in [0.2, 0.25) is 0 Å². The molecule has 0 aromatic carbocycles. The van der Waals surface area contributed by atoms with Crippen LogP contribution < -0.4 is 0 Å². The lowest BCUT2D eigenvalue weighted by Gasteiger charge is -2.16. The van der Waals surface area contributed by atoms with Gasteiger partial charge >= 0.3 is 0 Å². The molecule has 1 rings (SSSR count). The van der Waals surface area contributed by atoms with Crippen molar-refractivity contribution in [1.82, 2.24) is 0 Å². The number of carbonyl (C=O) groups excluding carboxylic acids is 1. The van der Waals surface area contributed by atoms with Crippen LogP contribution in [0.25, 0.3) is 0 Å². The first-order chi connectivity index (χ1) is 11.7. The zero-order valence-electron chi connectivity index (χ0n) is 15.6. The highest BCUT2D eigenvalue weighted by atomic mass is 32.2. The standard InChI is InChI=1S/C19H32OS4/c1-5-21-18(22-6-2)15-13-11-9-10-12-14-16(17(15)20)19(23-7-3)24-8-4/h5-14H2,1-4H3. The summed E-state index contributed by atoms with van der Waals surface area (Å²) in [7, 11) is 0. The maximum absolute atomic E-state index is 13.5. The summed E-state index contributed by atoms with van der Waals surface area (Å²) in [4.78, 5) is 13.5. The molecule has 1 nitrogen and oxygen atoms in total. The summed E-state index contributed by atoms with van der Waals surface area (Å²) in [5.74, 6) is 4.51. The fourth-order valence-corrected chi connectivity index (χ4v) is 7.32. The maximum atomic E-state index is 13.5. The summed E-state index contributed by atoms with van der Waals surface area (Å²) in [5.41, 5.74) is 2.22. The molecule has 0 aromatic rings. The van der Waals surface area contributed by atoms with Gasteiger partial charge in [0.05, 0.1) is 0 Å². The van der Waals surface area contributed by atoms with Gasteiger partial charge in [-0.3, -0.25) is 4.79 Å². The van der Waals surface area contributed by atoms with E-state index in [0.717, 1.165) is 59.8 Å². The van der Waals surface area contributed by atoms with Crippen molar-refractivity contribution in [3.63, 3.8) is 0 Å². The van der Waals surface area contributed by atoms with E-state index in [-0.39, 0.29) is 0 Å². The van der Waals surface area contributed by atoms with Crippen LogP contribution in [0.15, 0.2) is 19.6 Å². The third kappa shape index (κ3) is 7.43. The molecule has 0 saturated heterocycles. The van der Waals surface area contributed by atoms with E-state index in [1.54, 1.807) is 0 Å². The summed E-state index contributed by atoms with van der Waals surface area (Å²) in [6, 6.07) is 0. The molecular weight excluding hydrogens is 372 g/mol. The Morgan fingerprint density at radius 3 is 1.29 bits per heavy atom. The molecule has 1 fully saturated rings. The minimum atomic E-state index is 0.353. The highest BCUT2D eigenvalue weighted by molar-refractivity contribution is 8.22. The first-order valence-corrected chi connectivity index (χ1v) is 13.2. The molecule has 0 atom stereocenters. The molecule has 0 bridgehead atoms. The lowest BCUT2D eigenvalue weighted by molar-refractivity contribution is -0.112. The lowest BCUT2D eigenvalue weighted by Crippen LogP contribution is -2.10. The highest BCUT2D eigenvalue weighted by Gasteiger charge is 2.24. The number of hydrogen-bond donors (Lipinski definition) is 0. The SMILES string of the molecule is CCSC(SCC)=C1CCCCCCC(=C(SCC)SCC)C1=O. The topological polar surface area (TPSA) is 17.1 Å². The van der Waals surface area contributed by atoms with Crippen molar-refractivity contribution in [3.8, 4) is 0 Å². The van der Waals surface area contributed by atoms with Gasteiger partial charge in [0.1, 0.15) is 0 Å². The number of Topliss-reactive ketones (excluding diaryl/α,β-unsaturated/α-hetero) is 1. The predicted octanol–water partition coefficient (Wildman–Crippen LogP) is 7.35. The first-order valence-electron chi connectivity index (χ1n) is 9.21. The van der Waals surface area contributed by atoms with Crippen molar-refractivity contribution in [2.75, 3.05) is 23.0 Å². The Morgan fingerprint density at radius 1 is 0.667 bits per heavy atom. The van der Waals surface area contributed by atoms with Gasteiger partial charge in [-0.15, -0.1) is 47.0 Å². The zero-order valence-corrected chi connectivity index (χ0v) is 18.9. The van der Waals surface area contributed by atoms with Gasteiger partial charge in [0, 0.05) is 19.6 Å². The van der Waals surface area contributed by atoms with E-state index >= 15 is 0 Å². The third-order valence-electron chi connectivity index (χ3n) is 3.75. The molecule has 138 valence electrons. The summed E-state index contributed by atoms with van der Waals surface area (Å²) in [6.07, 6.45) is 6.73. The van der Waals surface area contributed by atoms with Crippen LogP contribution in [0.1, 0.15) is 66.2 Å². The Balaban J connectivity index is 3.32. The monoisotopic (exact) mass is 404 g/mol. The van der Waals surface area contributed by atoms with Crippen molar-refractivity contribution < 1.29 is 4.79 Å². The molecule has 0 amide bonds. The van der Waals surface area contributed by atoms with E-state index in [1.807, 2.05) is 47.0 Å². The molecule has 1 aliphatic rings. The van der Waals surface area contributed by atoms with E-state index in [4.69, 9.17) is 0 Å². The molecule has 0 radical (unpaired) electrons. The van der Waals surface area contributed by atoms with E-state index in [0.29, 0.717) is 5.78 Å². The van der Waals surface area contributed by atoms with Crippen LogP contribution >= 0.6 is 47.0 Å². The van der Waals surface area contributed by atoms with E-state index in [2.05, 4.69) is 27.7 Å². The van der Waals surface area contributed by atoms with Crippen LogP contribution in [-0.4, -0.2) is 28.8 Å². The van der Waals surface area contributed by atoms with Gasteiger partial charge in [0.25, 0.3) is 0 Å². The third-order valence-corrected chi connectivity index (χ3v) is 8.35. The molecular formula is C19H32OS4. The van der Waals surface area contributed by atoms with Gasteiger partial charge in [-0.25, -0.2) is 0 Å². The van der Waals surface area contributed by atoms with Crippen molar-refractivity contribution >= 4 is 52.8 Å². The lowest BCUT2D eigenvalue weighted by atomic mass is 10.0.